The number of aryl methyl sites for hydroxylation is 1. The molecule has 2 fully saturated rings. The minimum absolute atomic E-state index is 0.148. The van der Waals surface area contributed by atoms with Crippen LogP contribution in [0.2, 0.25) is 5.02 Å². The number of nitrogens with zero attached hydrogens (tertiary/aromatic N) is 6. The average molecular weight is 644 g/mol. The first kappa shape index (κ1) is 30.2. The Bertz CT molecular complexity index is 1720. The van der Waals surface area contributed by atoms with Crippen LogP contribution in [-0.2, 0) is 17.6 Å². The molecule has 3 aliphatic rings. The molecular weight excluding hydrogens is 606 g/mol. The van der Waals surface area contributed by atoms with Crippen molar-refractivity contribution >= 4 is 39.8 Å². The summed E-state index contributed by atoms with van der Waals surface area (Å²) in [5.41, 5.74) is 6.06. The number of thiazole rings is 1. The number of hydrogen-bond donors (Lipinski definition) is 1. The van der Waals surface area contributed by atoms with E-state index in [0.717, 1.165) is 84.9 Å². The van der Waals surface area contributed by atoms with Crippen molar-refractivity contribution in [3.05, 3.63) is 64.6 Å². The van der Waals surface area contributed by atoms with Crippen molar-refractivity contribution < 1.29 is 9.59 Å². The van der Waals surface area contributed by atoms with Crippen molar-refractivity contribution in [3.63, 3.8) is 0 Å². The van der Waals surface area contributed by atoms with Crippen molar-refractivity contribution in [2.75, 3.05) is 38.5 Å². The lowest BCUT2D eigenvalue weighted by atomic mass is 9.81. The number of carbonyl (C=O) groups is 2. The number of carbonyl (C=O) groups excluding carboxylic acids is 2. The van der Waals surface area contributed by atoms with Crippen molar-refractivity contribution in [1.29, 1.82) is 0 Å². The standard InChI is InChI=1S/C34H38ClN7O2S/c1-21(43)37-34-38-28-11-10-26-31(24-4-3-13-36-20-24)39-42(32(26)33(28)45-34)29-12-7-23(19-27(29)35)30(44)18-22-5-8-25(9-6-22)41-16-14-40(2)15-17-41/h3-4,7,12-13,19-20,22,25H,5-6,8-11,14-18H2,1-2H3,(H,37,38,43). The van der Waals surface area contributed by atoms with E-state index in [1.54, 1.807) is 12.3 Å². The number of anilines is 1. The van der Waals surface area contributed by atoms with E-state index in [1.807, 2.05) is 35.1 Å². The molecule has 0 unspecified atom stereocenters. The highest BCUT2D eigenvalue weighted by atomic mass is 35.5. The number of likely N-dealkylation sites (N-methyl/N-ethyl adjacent to an activating group) is 1. The second-order valence-corrected chi connectivity index (χ2v) is 14.0. The molecule has 9 nitrogen and oxygen atoms in total. The van der Waals surface area contributed by atoms with Crippen LogP contribution in [0.1, 0.15) is 60.6 Å². The molecule has 1 amide bonds. The molecule has 3 aromatic heterocycles. The monoisotopic (exact) mass is 643 g/mol. The Labute approximate surface area is 272 Å². The van der Waals surface area contributed by atoms with Crippen molar-refractivity contribution in [3.8, 4) is 27.5 Å². The smallest absolute Gasteiger partial charge is 0.223 e. The highest BCUT2D eigenvalue weighted by Gasteiger charge is 2.32. The average Bonchev–Trinajstić information content (AvgIpc) is 3.63. The summed E-state index contributed by atoms with van der Waals surface area (Å²) in [6, 6.07) is 10.2. The normalized spacial score (nSPS) is 20.4. The van der Waals surface area contributed by atoms with E-state index < -0.39 is 0 Å². The molecule has 0 bridgehead atoms. The van der Waals surface area contributed by atoms with Crippen molar-refractivity contribution in [2.24, 2.45) is 5.92 Å². The van der Waals surface area contributed by atoms with Gasteiger partial charge in [-0.15, -0.1) is 0 Å². The van der Waals surface area contributed by atoms with Gasteiger partial charge in [0.2, 0.25) is 5.91 Å². The van der Waals surface area contributed by atoms with E-state index in [0.29, 0.717) is 39.8 Å². The van der Waals surface area contributed by atoms with Gasteiger partial charge in [-0.2, -0.15) is 5.10 Å². The number of amides is 1. The fourth-order valence-electron chi connectivity index (χ4n) is 7.12. The van der Waals surface area contributed by atoms with Gasteiger partial charge in [0.1, 0.15) is 0 Å². The van der Waals surface area contributed by atoms with Crippen LogP contribution in [0.4, 0.5) is 5.13 Å². The summed E-state index contributed by atoms with van der Waals surface area (Å²) < 4.78 is 1.88. The Morgan fingerprint density at radius 2 is 1.87 bits per heavy atom. The molecule has 0 spiro atoms. The molecule has 11 heteroatoms. The third-order valence-electron chi connectivity index (χ3n) is 9.57. The molecule has 2 aliphatic carbocycles. The van der Waals surface area contributed by atoms with Gasteiger partial charge >= 0.3 is 0 Å². The lowest BCUT2D eigenvalue weighted by Crippen LogP contribution is -2.49. The molecule has 1 saturated carbocycles. The van der Waals surface area contributed by atoms with Gasteiger partial charge in [0.15, 0.2) is 10.9 Å². The number of fused-ring (bicyclic) bond motifs is 3. The number of Topliss-reactive ketones (excluding diaryl/α,β-unsaturated/α-hetero) is 1. The third kappa shape index (κ3) is 6.21. The molecule has 4 aromatic rings. The van der Waals surface area contributed by atoms with E-state index in [-0.39, 0.29) is 11.7 Å². The SMILES string of the molecule is CC(=O)Nc1nc2c(s1)-c1c(c(-c3cccnc3)nn1-c1ccc(C(=O)CC3CCC(N4CCN(C)CC4)CC3)cc1Cl)CC2. The second kappa shape index (κ2) is 12.7. The fraction of sp³-hybridized carbons (Fsp3) is 0.441. The van der Waals surface area contributed by atoms with Gasteiger partial charge in [-0.05, 0) is 81.8 Å². The summed E-state index contributed by atoms with van der Waals surface area (Å²) in [7, 11) is 2.20. The summed E-state index contributed by atoms with van der Waals surface area (Å²) in [5.74, 6) is 0.411. The fourth-order valence-corrected chi connectivity index (χ4v) is 8.49. The van der Waals surface area contributed by atoms with Gasteiger partial charge in [0.25, 0.3) is 0 Å². The molecule has 0 radical (unpaired) electrons. The quantitative estimate of drug-likeness (QED) is 0.242. The summed E-state index contributed by atoms with van der Waals surface area (Å²) >= 11 is 8.41. The maximum atomic E-state index is 13.5. The van der Waals surface area contributed by atoms with Crippen LogP contribution in [0.5, 0.6) is 0 Å². The van der Waals surface area contributed by atoms with E-state index in [4.69, 9.17) is 21.7 Å². The van der Waals surface area contributed by atoms with Crippen LogP contribution < -0.4 is 5.32 Å². The minimum atomic E-state index is -0.155. The molecule has 234 valence electrons. The number of piperazine rings is 1. The maximum absolute atomic E-state index is 13.5. The van der Waals surface area contributed by atoms with Crippen LogP contribution in [0.3, 0.4) is 0 Å². The zero-order valence-electron chi connectivity index (χ0n) is 25.8. The largest absolute Gasteiger partial charge is 0.304 e. The molecule has 1 N–H and O–H groups in total. The van der Waals surface area contributed by atoms with Crippen LogP contribution in [0, 0.1) is 5.92 Å². The van der Waals surface area contributed by atoms with E-state index in [2.05, 4.69) is 27.1 Å². The van der Waals surface area contributed by atoms with Crippen LogP contribution in [0.25, 0.3) is 27.5 Å². The molecule has 1 saturated heterocycles. The number of halogens is 1. The van der Waals surface area contributed by atoms with Crippen LogP contribution in [-0.4, -0.2) is 80.5 Å². The van der Waals surface area contributed by atoms with E-state index >= 15 is 0 Å². The number of benzene rings is 1. The van der Waals surface area contributed by atoms with Gasteiger partial charge < -0.3 is 10.2 Å². The Kier molecular flexibility index (Phi) is 8.56. The predicted molar refractivity (Wildman–Crippen MR) is 178 cm³/mol. The minimum Gasteiger partial charge on any atom is -0.304 e. The third-order valence-corrected chi connectivity index (χ3v) is 10.9. The van der Waals surface area contributed by atoms with Gasteiger partial charge in [-0.3, -0.25) is 19.5 Å². The number of nitrogens with one attached hydrogen (secondary N) is 1. The highest BCUT2D eigenvalue weighted by molar-refractivity contribution is 7.19. The van der Waals surface area contributed by atoms with Gasteiger partial charge in [-0.1, -0.05) is 22.9 Å². The van der Waals surface area contributed by atoms with E-state index in [1.165, 1.54) is 31.1 Å². The van der Waals surface area contributed by atoms with Crippen LogP contribution >= 0.6 is 22.9 Å². The van der Waals surface area contributed by atoms with Gasteiger partial charge in [-0.25, -0.2) is 9.67 Å². The Morgan fingerprint density at radius 3 is 2.58 bits per heavy atom. The van der Waals surface area contributed by atoms with Crippen LogP contribution in [0.15, 0.2) is 42.7 Å². The van der Waals surface area contributed by atoms with E-state index in [9.17, 15) is 9.59 Å². The van der Waals surface area contributed by atoms with Crippen molar-refractivity contribution in [1.82, 2.24) is 29.5 Å². The lowest BCUT2D eigenvalue weighted by Gasteiger charge is -2.41. The first-order valence-electron chi connectivity index (χ1n) is 15.9. The summed E-state index contributed by atoms with van der Waals surface area (Å²) in [4.78, 5) is 40.3. The summed E-state index contributed by atoms with van der Waals surface area (Å²) in [6.07, 6.45) is 10.2. The lowest BCUT2D eigenvalue weighted by molar-refractivity contribution is -0.114. The molecular formula is C34H38ClN7O2S. The zero-order chi connectivity index (χ0) is 31.1. The van der Waals surface area contributed by atoms with Crippen molar-refractivity contribution in [2.45, 2.75) is 57.9 Å². The number of aromatic nitrogens is 4. The number of hydrogen-bond acceptors (Lipinski definition) is 8. The second-order valence-electron chi connectivity index (χ2n) is 12.6. The zero-order valence-corrected chi connectivity index (χ0v) is 27.3. The topological polar surface area (TPSA) is 96.2 Å². The van der Waals surface area contributed by atoms with Gasteiger partial charge in [0, 0.05) is 74.6 Å². The molecule has 0 atom stereocenters. The molecule has 4 heterocycles. The first-order chi connectivity index (χ1) is 21.8. The molecule has 1 aliphatic heterocycles. The first-order valence-corrected chi connectivity index (χ1v) is 17.1. The maximum Gasteiger partial charge on any atom is 0.223 e. The Balaban J connectivity index is 1.13. The Morgan fingerprint density at radius 1 is 1.07 bits per heavy atom. The summed E-state index contributed by atoms with van der Waals surface area (Å²) in [6.45, 7) is 6.08. The molecule has 1 aromatic carbocycles. The highest BCUT2D eigenvalue weighted by Crippen LogP contribution is 2.45. The predicted octanol–water partition coefficient (Wildman–Crippen LogP) is 6.15. The Hall–Kier alpha value is -3.44. The number of ketones is 1. The molecule has 45 heavy (non-hydrogen) atoms. The molecule has 7 rings (SSSR count). The summed E-state index contributed by atoms with van der Waals surface area (Å²) in [5, 5.41) is 8.95. The number of rotatable bonds is 7. The van der Waals surface area contributed by atoms with Gasteiger partial charge in [0.05, 0.1) is 32.7 Å². The number of pyridine rings is 1.